The van der Waals surface area contributed by atoms with Crippen molar-refractivity contribution in [1.29, 1.82) is 0 Å². The highest BCUT2D eigenvalue weighted by Gasteiger charge is 2.21. The number of rotatable bonds is 8. The molecule has 0 aliphatic rings. The van der Waals surface area contributed by atoms with Crippen molar-refractivity contribution < 1.29 is 9.59 Å². The fourth-order valence-corrected chi connectivity index (χ4v) is 2.44. The summed E-state index contributed by atoms with van der Waals surface area (Å²) in [5.74, 6) is -0.304. The average Bonchev–Trinajstić information content (AvgIpc) is 2.98. The van der Waals surface area contributed by atoms with Crippen LogP contribution in [0.2, 0.25) is 0 Å². The Kier molecular flexibility index (Phi) is 6.52. The van der Waals surface area contributed by atoms with E-state index in [1.165, 1.54) is 0 Å². The zero-order valence-electron chi connectivity index (χ0n) is 15.4. The van der Waals surface area contributed by atoms with Crippen molar-refractivity contribution in [3.63, 3.8) is 0 Å². The van der Waals surface area contributed by atoms with Crippen LogP contribution in [0.1, 0.15) is 47.8 Å². The van der Waals surface area contributed by atoms with Gasteiger partial charge in [0.05, 0.1) is 5.52 Å². The highest BCUT2D eigenvalue weighted by atomic mass is 16.2. The van der Waals surface area contributed by atoms with Crippen molar-refractivity contribution in [2.24, 2.45) is 0 Å². The number of aromatic nitrogens is 2. The molecule has 0 aliphatic heterocycles. The first-order valence-electron chi connectivity index (χ1n) is 8.65. The molecule has 1 unspecified atom stereocenters. The lowest BCUT2D eigenvalue weighted by Crippen LogP contribution is -2.33. The van der Waals surface area contributed by atoms with Gasteiger partial charge in [-0.15, -0.1) is 0 Å². The molecule has 0 saturated heterocycles. The third-order valence-corrected chi connectivity index (χ3v) is 4.02. The Morgan fingerprint density at radius 2 is 2.04 bits per heavy atom. The summed E-state index contributed by atoms with van der Waals surface area (Å²) in [5, 5.41) is 5.77. The van der Waals surface area contributed by atoms with Crippen LogP contribution >= 0.6 is 0 Å². The molecular weight excluding hydrogens is 318 g/mol. The molecule has 1 atom stereocenters. The molecule has 2 heterocycles. The summed E-state index contributed by atoms with van der Waals surface area (Å²) in [6.07, 6.45) is 3.43. The molecule has 2 aromatic heterocycles. The minimum absolute atomic E-state index is 0.0480. The molecule has 0 aliphatic carbocycles. The van der Waals surface area contributed by atoms with Crippen molar-refractivity contribution in [3.05, 3.63) is 35.9 Å². The number of pyridine rings is 1. The number of amides is 2. The Labute approximate surface area is 148 Å². The smallest absolute Gasteiger partial charge is 0.287 e. The maximum absolute atomic E-state index is 12.5. The number of carbonyl (C=O) groups is 2. The van der Waals surface area contributed by atoms with Gasteiger partial charge in [-0.05, 0) is 52.5 Å². The monoisotopic (exact) mass is 345 g/mol. The highest BCUT2D eigenvalue weighted by molar-refractivity contribution is 6.02. The quantitative estimate of drug-likeness (QED) is 0.712. The van der Waals surface area contributed by atoms with Crippen molar-refractivity contribution in [1.82, 2.24) is 24.9 Å². The van der Waals surface area contributed by atoms with Crippen LogP contribution in [0.5, 0.6) is 0 Å². The van der Waals surface area contributed by atoms with Gasteiger partial charge in [-0.1, -0.05) is 13.0 Å². The van der Waals surface area contributed by atoms with Gasteiger partial charge in [0.25, 0.3) is 11.8 Å². The molecule has 2 rings (SSSR count). The van der Waals surface area contributed by atoms with Gasteiger partial charge in [0.1, 0.15) is 0 Å². The lowest BCUT2D eigenvalue weighted by molar-refractivity contribution is 0.0928. The normalized spacial score (nSPS) is 12.4. The van der Waals surface area contributed by atoms with Crippen LogP contribution in [0.4, 0.5) is 0 Å². The van der Waals surface area contributed by atoms with Crippen LogP contribution in [-0.2, 0) is 0 Å². The molecule has 7 nitrogen and oxygen atoms in total. The van der Waals surface area contributed by atoms with E-state index in [2.05, 4.69) is 20.5 Å². The Morgan fingerprint density at radius 3 is 2.72 bits per heavy atom. The van der Waals surface area contributed by atoms with Crippen molar-refractivity contribution in [3.8, 4) is 0 Å². The van der Waals surface area contributed by atoms with Crippen molar-refractivity contribution >= 4 is 17.3 Å². The topological polar surface area (TPSA) is 78.7 Å². The highest BCUT2D eigenvalue weighted by Crippen LogP contribution is 2.13. The molecule has 0 aromatic carbocycles. The number of carbonyl (C=O) groups excluding carboxylic acids is 2. The fourth-order valence-electron chi connectivity index (χ4n) is 2.44. The number of hydrogen-bond donors (Lipinski definition) is 2. The maximum atomic E-state index is 12.5. The number of nitrogens with zero attached hydrogens (tertiary/aromatic N) is 3. The number of hydrogen-bond acceptors (Lipinski definition) is 4. The van der Waals surface area contributed by atoms with E-state index in [1.54, 1.807) is 16.7 Å². The zero-order valence-corrected chi connectivity index (χ0v) is 15.4. The fraction of sp³-hybridized carbons (Fsp3) is 0.500. The predicted octanol–water partition coefficient (Wildman–Crippen LogP) is 1.54. The second kappa shape index (κ2) is 8.62. The van der Waals surface area contributed by atoms with Gasteiger partial charge < -0.3 is 15.5 Å². The summed E-state index contributed by atoms with van der Waals surface area (Å²) in [7, 11) is 3.99. The van der Waals surface area contributed by atoms with Crippen LogP contribution in [0.25, 0.3) is 5.52 Å². The number of fused-ring (bicyclic) bond motifs is 1. The van der Waals surface area contributed by atoms with E-state index in [9.17, 15) is 9.59 Å². The Balaban J connectivity index is 2.20. The third-order valence-electron chi connectivity index (χ3n) is 4.02. The van der Waals surface area contributed by atoms with E-state index >= 15 is 0 Å². The van der Waals surface area contributed by atoms with Gasteiger partial charge in [-0.25, -0.2) is 4.98 Å². The van der Waals surface area contributed by atoms with E-state index in [4.69, 9.17) is 0 Å². The number of imidazole rings is 1. The first-order valence-corrected chi connectivity index (χ1v) is 8.65. The number of nitrogens with one attached hydrogen (secondary N) is 2. The van der Waals surface area contributed by atoms with Gasteiger partial charge in [0.15, 0.2) is 5.69 Å². The first kappa shape index (κ1) is 18.9. The lowest BCUT2D eigenvalue weighted by atomic mass is 10.2. The average molecular weight is 345 g/mol. The van der Waals surface area contributed by atoms with Crippen LogP contribution in [0.15, 0.2) is 24.4 Å². The minimum atomic E-state index is -0.276. The summed E-state index contributed by atoms with van der Waals surface area (Å²) >= 11 is 0. The van der Waals surface area contributed by atoms with Crippen LogP contribution in [0, 0.1) is 0 Å². The van der Waals surface area contributed by atoms with Gasteiger partial charge in [-0.3, -0.25) is 14.0 Å². The summed E-state index contributed by atoms with van der Waals surface area (Å²) in [6, 6.07) is 5.48. The Hall–Kier alpha value is -2.41. The standard InChI is InChI=1S/C18H27N5O2/c1-5-13(2)20-18(25)16-21-15(14-9-6-7-12-23(14)16)17(24)19-10-8-11-22(3)4/h6-7,9,12-13H,5,8,10-11H2,1-4H3,(H,19,24)(H,20,25). The summed E-state index contributed by atoms with van der Waals surface area (Å²) in [6.45, 7) is 5.40. The van der Waals surface area contributed by atoms with E-state index in [-0.39, 0.29) is 29.4 Å². The van der Waals surface area contributed by atoms with Crippen molar-refractivity contribution in [2.75, 3.05) is 27.2 Å². The SMILES string of the molecule is CCC(C)NC(=O)c1nc(C(=O)NCCCN(C)C)c2ccccn12. The Morgan fingerprint density at radius 1 is 1.28 bits per heavy atom. The molecule has 0 saturated carbocycles. The van der Waals surface area contributed by atoms with Crippen LogP contribution in [0.3, 0.4) is 0 Å². The summed E-state index contributed by atoms with van der Waals surface area (Å²) in [5.41, 5.74) is 0.904. The van der Waals surface area contributed by atoms with Gasteiger partial charge in [0.2, 0.25) is 5.82 Å². The Bertz CT molecular complexity index is 738. The second-order valence-corrected chi connectivity index (χ2v) is 6.44. The van der Waals surface area contributed by atoms with Crippen molar-refractivity contribution in [2.45, 2.75) is 32.7 Å². The molecule has 0 spiro atoms. The van der Waals surface area contributed by atoms with Crippen LogP contribution in [-0.4, -0.2) is 59.3 Å². The molecule has 2 N–H and O–H groups in total. The molecule has 2 amide bonds. The molecule has 0 radical (unpaired) electrons. The van der Waals surface area contributed by atoms with E-state index in [0.29, 0.717) is 12.1 Å². The molecule has 2 aromatic rings. The molecule has 0 fully saturated rings. The third kappa shape index (κ3) is 4.79. The molecule has 7 heteroatoms. The van der Waals surface area contributed by atoms with E-state index in [1.807, 2.05) is 40.1 Å². The van der Waals surface area contributed by atoms with Crippen LogP contribution < -0.4 is 10.6 Å². The van der Waals surface area contributed by atoms with E-state index in [0.717, 1.165) is 19.4 Å². The lowest BCUT2D eigenvalue weighted by Gasteiger charge is -2.10. The largest absolute Gasteiger partial charge is 0.351 e. The molecule has 0 bridgehead atoms. The minimum Gasteiger partial charge on any atom is -0.351 e. The van der Waals surface area contributed by atoms with E-state index < -0.39 is 0 Å². The first-order chi connectivity index (χ1) is 11.9. The summed E-state index contributed by atoms with van der Waals surface area (Å²) in [4.78, 5) is 31.3. The zero-order chi connectivity index (χ0) is 18.4. The predicted molar refractivity (Wildman–Crippen MR) is 97.9 cm³/mol. The van der Waals surface area contributed by atoms with Gasteiger partial charge in [-0.2, -0.15) is 0 Å². The molecule has 25 heavy (non-hydrogen) atoms. The second-order valence-electron chi connectivity index (χ2n) is 6.44. The molecule has 136 valence electrons. The van der Waals surface area contributed by atoms with Gasteiger partial charge in [0, 0.05) is 18.8 Å². The van der Waals surface area contributed by atoms with Gasteiger partial charge >= 0.3 is 0 Å². The summed E-state index contributed by atoms with van der Waals surface area (Å²) < 4.78 is 1.66. The maximum Gasteiger partial charge on any atom is 0.287 e. The molecular formula is C18H27N5O2.